The van der Waals surface area contributed by atoms with Crippen LogP contribution in [0.15, 0.2) is 45.6 Å². The lowest BCUT2D eigenvalue weighted by molar-refractivity contribution is 0.102. The fourth-order valence-electron chi connectivity index (χ4n) is 1.90. The first-order chi connectivity index (χ1) is 10.0. The molecule has 1 aromatic heterocycles. The van der Waals surface area contributed by atoms with Gasteiger partial charge in [0.2, 0.25) is 0 Å². The molecule has 0 aliphatic rings. The largest absolute Gasteiger partial charge is 0.417 e. The Morgan fingerprint density at radius 3 is 2.71 bits per heavy atom. The maximum Gasteiger partial charge on any atom is 0.417 e. The first-order valence-corrected chi connectivity index (χ1v) is 6.68. The molecular weight excluding hydrogens is 315 g/mol. The van der Waals surface area contributed by atoms with Gasteiger partial charge in [-0.2, -0.15) is 0 Å². The topological polar surface area (TPSA) is 75.1 Å². The van der Waals surface area contributed by atoms with Gasteiger partial charge < -0.3 is 9.73 Å². The first-order valence-electron chi connectivity index (χ1n) is 5.93. The number of carbonyl (C=O) groups excluding carboxylic acids is 1. The Morgan fingerprint density at radius 2 is 1.95 bits per heavy atom. The van der Waals surface area contributed by atoms with Gasteiger partial charge in [-0.3, -0.25) is 9.78 Å². The van der Waals surface area contributed by atoms with E-state index in [0.717, 1.165) is 0 Å². The average Bonchev–Trinajstić information content (AvgIpc) is 2.83. The summed E-state index contributed by atoms with van der Waals surface area (Å²) in [5.41, 5.74) is 1.53. The fourth-order valence-corrected chi connectivity index (χ4v) is 2.20. The molecule has 3 aromatic rings. The Morgan fingerprint density at radius 1 is 1.14 bits per heavy atom. The molecule has 0 bridgehead atoms. The van der Waals surface area contributed by atoms with Crippen LogP contribution in [0.2, 0.25) is 10.0 Å². The van der Waals surface area contributed by atoms with Crippen molar-refractivity contribution < 1.29 is 9.21 Å². The number of amides is 1. The number of para-hydroxylation sites is 1. The van der Waals surface area contributed by atoms with Gasteiger partial charge in [-0.25, -0.2) is 4.79 Å². The summed E-state index contributed by atoms with van der Waals surface area (Å²) in [4.78, 5) is 25.9. The maximum atomic E-state index is 12.2. The molecule has 0 fully saturated rings. The van der Waals surface area contributed by atoms with E-state index in [1.165, 1.54) is 12.1 Å². The molecule has 0 unspecified atom stereocenters. The van der Waals surface area contributed by atoms with Gasteiger partial charge in [-0.15, -0.1) is 0 Å². The second-order valence-electron chi connectivity index (χ2n) is 4.28. The lowest BCUT2D eigenvalue weighted by atomic mass is 10.2. The number of carbonyl (C=O) groups is 1. The van der Waals surface area contributed by atoms with Crippen molar-refractivity contribution in [2.45, 2.75) is 0 Å². The molecule has 3 rings (SSSR count). The lowest BCUT2D eigenvalue weighted by Crippen LogP contribution is -2.11. The van der Waals surface area contributed by atoms with Crippen molar-refractivity contribution in [2.24, 2.45) is 0 Å². The lowest BCUT2D eigenvalue weighted by Gasteiger charge is -2.06. The van der Waals surface area contributed by atoms with E-state index in [-0.39, 0.29) is 16.5 Å². The molecule has 0 saturated heterocycles. The monoisotopic (exact) mass is 322 g/mol. The summed E-state index contributed by atoms with van der Waals surface area (Å²) in [6.45, 7) is 0. The highest BCUT2D eigenvalue weighted by Gasteiger charge is 2.12. The molecule has 2 N–H and O–H groups in total. The maximum absolute atomic E-state index is 12.2. The van der Waals surface area contributed by atoms with Crippen LogP contribution in [0.25, 0.3) is 11.1 Å². The van der Waals surface area contributed by atoms with Gasteiger partial charge in [0.25, 0.3) is 5.91 Å². The molecule has 106 valence electrons. The number of fused-ring (bicyclic) bond motifs is 1. The number of hydrogen-bond acceptors (Lipinski definition) is 3. The van der Waals surface area contributed by atoms with Crippen molar-refractivity contribution in [1.82, 2.24) is 4.98 Å². The molecular formula is C14H8Cl2N2O3. The summed E-state index contributed by atoms with van der Waals surface area (Å²) in [7, 11) is 0. The zero-order valence-corrected chi connectivity index (χ0v) is 12.0. The van der Waals surface area contributed by atoms with Crippen LogP contribution in [0.5, 0.6) is 0 Å². The average molecular weight is 323 g/mol. The number of aromatic amines is 1. The van der Waals surface area contributed by atoms with Gasteiger partial charge in [0.15, 0.2) is 5.58 Å². The summed E-state index contributed by atoms with van der Waals surface area (Å²) in [5, 5.41) is 3.32. The number of anilines is 1. The number of halogens is 2. The number of aromatic nitrogens is 1. The van der Waals surface area contributed by atoms with Crippen molar-refractivity contribution in [3.8, 4) is 0 Å². The summed E-state index contributed by atoms with van der Waals surface area (Å²) in [6.07, 6.45) is 0. The minimum atomic E-state index is -0.582. The number of oxazole rings is 1. The van der Waals surface area contributed by atoms with E-state index in [2.05, 4.69) is 10.3 Å². The molecule has 0 radical (unpaired) electrons. The number of benzene rings is 2. The van der Waals surface area contributed by atoms with Crippen molar-refractivity contribution in [2.75, 3.05) is 5.32 Å². The van der Waals surface area contributed by atoms with Gasteiger partial charge in [0.1, 0.15) is 0 Å². The Labute approximate surface area is 128 Å². The second kappa shape index (κ2) is 5.27. The minimum absolute atomic E-state index is 0.288. The highest BCUT2D eigenvalue weighted by atomic mass is 35.5. The summed E-state index contributed by atoms with van der Waals surface area (Å²) >= 11 is 11.7. The van der Waals surface area contributed by atoms with Gasteiger partial charge in [-0.05, 0) is 30.3 Å². The molecule has 0 spiro atoms. The number of nitrogens with one attached hydrogen (secondary N) is 2. The van der Waals surface area contributed by atoms with E-state index in [0.29, 0.717) is 21.8 Å². The smallest absolute Gasteiger partial charge is 0.406 e. The Balaban J connectivity index is 1.96. The molecule has 0 aliphatic carbocycles. The molecule has 0 aliphatic heterocycles. The minimum Gasteiger partial charge on any atom is -0.406 e. The van der Waals surface area contributed by atoms with Crippen LogP contribution < -0.4 is 11.1 Å². The molecule has 7 heteroatoms. The quantitative estimate of drug-likeness (QED) is 0.755. The fraction of sp³-hybridized carbons (Fsp3) is 0. The molecule has 1 heterocycles. The number of hydrogen-bond donors (Lipinski definition) is 2. The predicted molar refractivity (Wildman–Crippen MR) is 81.2 cm³/mol. The molecule has 21 heavy (non-hydrogen) atoms. The Hall–Kier alpha value is -2.24. The van der Waals surface area contributed by atoms with Crippen molar-refractivity contribution in [3.05, 3.63) is 62.6 Å². The standard InChI is InChI=1S/C14H8Cl2N2O3/c15-8-5-4-7(6-9(8)16)13(19)17-10-2-1-3-11-12(10)21-14(20)18-11/h1-6H,(H,17,19)(H,18,20). The van der Waals surface area contributed by atoms with Crippen LogP contribution in [-0.2, 0) is 0 Å². The van der Waals surface area contributed by atoms with E-state index in [9.17, 15) is 9.59 Å². The zero-order chi connectivity index (χ0) is 15.0. The van der Waals surface area contributed by atoms with Gasteiger partial charge in [0, 0.05) is 5.56 Å². The van der Waals surface area contributed by atoms with Crippen LogP contribution in [-0.4, -0.2) is 10.9 Å². The SMILES string of the molecule is O=C(Nc1cccc2[nH]c(=O)oc12)c1ccc(Cl)c(Cl)c1. The predicted octanol–water partition coefficient (Wildman–Crippen LogP) is 3.68. The van der Waals surface area contributed by atoms with Gasteiger partial charge >= 0.3 is 5.76 Å². The zero-order valence-electron chi connectivity index (χ0n) is 10.4. The summed E-state index contributed by atoms with van der Waals surface area (Å²) in [5.74, 6) is -0.967. The highest BCUT2D eigenvalue weighted by molar-refractivity contribution is 6.42. The number of rotatable bonds is 2. The van der Waals surface area contributed by atoms with Gasteiger partial charge in [0.05, 0.1) is 21.2 Å². The van der Waals surface area contributed by atoms with E-state index in [1.54, 1.807) is 24.3 Å². The molecule has 5 nitrogen and oxygen atoms in total. The third kappa shape index (κ3) is 2.66. The van der Waals surface area contributed by atoms with Crippen molar-refractivity contribution in [3.63, 3.8) is 0 Å². The van der Waals surface area contributed by atoms with E-state index >= 15 is 0 Å². The van der Waals surface area contributed by atoms with Crippen LogP contribution >= 0.6 is 23.2 Å². The van der Waals surface area contributed by atoms with Gasteiger partial charge in [-0.1, -0.05) is 29.3 Å². The summed E-state index contributed by atoms with van der Waals surface area (Å²) in [6, 6.07) is 9.56. The Bertz CT molecular complexity index is 899. The molecule has 0 atom stereocenters. The van der Waals surface area contributed by atoms with Crippen molar-refractivity contribution >= 4 is 45.9 Å². The first kappa shape index (κ1) is 13.7. The van der Waals surface area contributed by atoms with Crippen LogP contribution in [0.1, 0.15) is 10.4 Å². The highest BCUT2D eigenvalue weighted by Crippen LogP contribution is 2.24. The molecule has 1 amide bonds. The third-order valence-corrected chi connectivity index (χ3v) is 3.62. The summed E-state index contributed by atoms with van der Waals surface area (Å²) < 4.78 is 5.01. The van der Waals surface area contributed by atoms with E-state index in [1.807, 2.05) is 0 Å². The second-order valence-corrected chi connectivity index (χ2v) is 5.09. The third-order valence-electron chi connectivity index (χ3n) is 2.88. The Kier molecular flexibility index (Phi) is 3.45. The van der Waals surface area contributed by atoms with Crippen LogP contribution in [0.4, 0.5) is 5.69 Å². The number of H-pyrrole nitrogens is 1. The molecule has 2 aromatic carbocycles. The molecule has 0 saturated carbocycles. The normalized spacial score (nSPS) is 10.8. The van der Waals surface area contributed by atoms with Crippen molar-refractivity contribution in [1.29, 1.82) is 0 Å². The van der Waals surface area contributed by atoms with E-state index < -0.39 is 5.76 Å². The van der Waals surface area contributed by atoms with Crippen LogP contribution in [0, 0.1) is 0 Å². The van der Waals surface area contributed by atoms with Crippen LogP contribution in [0.3, 0.4) is 0 Å². The van der Waals surface area contributed by atoms with E-state index in [4.69, 9.17) is 27.6 Å².